The van der Waals surface area contributed by atoms with Crippen molar-refractivity contribution >= 4 is 11.6 Å². The molecule has 4 nitrogen and oxygen atoms in total. The van der Waals surface area contributed by atoms with Crippen molar-refractivity contribution in [3.63, 3.8) is 0 Å². The number of nitrogens with zero attached hydrogens (tertiary/aromatic N) is 1. The lowest BCUT2D eigenvalue weighted by Gasteiger charge is -2.01. The van der Waals surface area contributed by atoms with Gasteiger partial charge in [-0.05, 0) is 18.6 Å². The molecule has 10 heavy (non-hydrogen) atoms. The second kappa shape index (κ2) is 2.06. The maximum Gasteiger partial charge on any atom is 0.168 e. The Kier molecular flexibility index (Phi) is 1.37. The van der Waals surface area contributed by atoms with Crippen LogP contribution >= 0.6 is 0 Å². The number of nitrogen functional groups attached to an aromatic ring is 2. The molecule has 54 valence electrons. The number of aryl methyl sites for hydroxylation is 1. The third-order valence-electron chi connectivity index (χ3n) is 1.23. The molecule has 0 fully saturated rings. The summed E-state index contributed by atoms with van der Waals surface area (Å²) >= 11 is 0. The smallest absolute Gasteiger partial charge is 0.168 e. The first-order chi connectivity index (χ1) is 4.61. The SMILES string of the molecule is Cc1cc(N)nc(N)c1O. The molecule has 0 saturated carbocycles. The Labute approximate surface area is 58.5 Å². The Morgan fingerprint density at radius 1 is 1.50 bits per heavy atom. The summed E-state index contributed by atoms with van der Waals surface area (Å²) in [6.45, 7) is 1.71. The predicted molar refractivity (Wildman–Crippen MR) is 39.5 cm³/mol. The van der Waals surface area contributed by atoms with Crippen molar-refractivity contribution in [2.45, 2.75) is 6.92 Å². The van der Waals surface area contributed by atoms with Gasteiger partial charge >= 0.3 is 0 Å². The number of anilines is 2. The van der Waals surface area contributed by atoms with Crippen LogP contribution in [-0.4, -0.2) is 10.1 Å². The molecule has 0 aliphatic heterocycles. The highest BCUT2D eigenvalue weighted by Crippen LogP contribution is 2.23. The molecule has 1 rings (SSSR count). The Bertz CT molecular complexity index is 236. The molecule has 0 unspecified atom stereocenters. The molecule has 0 aliphatic rings. The van der Waals surface area contributed by atoms with Gasteiger partial charge in [-0.25, -0.2) is 4.98 Å². The third kappa shape index (κ3) is 0.953. The minimum atomic E-state index is 0.00852. The van der Waals surface area contributed by atoms with Gasteiger partial charge in [0, 0.05) is 0 Å². The van der Waals surface area contributed by atoms with Crippen LogP contribution in [0.15, 0.2) is 6.07 Å². The quantitative estimate of drug-likeness (QED) is 0.481. The van der Waals surface area contributed by atoms with Gasteiger partial charge in [-0.3, -0.25) is 0 Å². The van der Waals surface area contributed by atoms with E-state index in [0.717, 1.165) is 0 Å². The van der Waals surface area contributed by atoms with Gasteiger partial charge in [0.05, 0.1) is 0 Å². The predicted octanol–water partition coefficient (Wildman–Crippen LogP) is 0.260. The lowest BCUT2D eigenvalue weighted by molar-refractivity contribution is 0.472. The van der Waals surface area contributed by atoms with Crippen LogP contribution in [0.4, 0.5) is 11.6 Å². The average Bonchev–Trinajstić information content (AvgIpc) is 1.82. The van der Waals surface area contributed by atoms with E-state index in [2.05, 4.69) is 4.98 Å². The number of nitrogens with two attached hydrogens (primary N) is 2. The van der Waals surface area contributed by atoms with Crippen LogP contribution < -0.4 is 11.5 Å². The number of hydrogen-bond acceptors (Lipinski definition) is 4. The van der Waals surface area contributed by atoms with Crippen LogP contribution in [0.1, 0.15) is 5.56 Å². The van der Waals surface area contributed by atoms with Gasteiger partial charge in [-0.2, -0.15) is 0 Å². The normalized spacial score (nSPS) is 9.70. The van der Waals surface area contributed by atoms with Crippen LogP contribution in [0.25, 0.3) is 0 Å². The van der Waals surface area contributed by atoms with Gasteiger partial charge in [-0.15, -0.1) is 0 Å². The lowest BCUT2D eigenvalue weighted by atomic mass is 10.2. The second-order valence-corrected chi connectivity index (χ2v) is 2.10. The third-order valence-corrected chi connectivity index (χ3v) is 1.23. The highest BCUT2D eigenvalue weighted by atomic mass is 16.3. The molecule has 0 aliphatic carbocycles. The molecule has 0 saturated heterocycles. The van der Waals surface area contributed by atoms with Gasteiger partial charge in [-0.1, -0.05) is 0 Å². The molecule has 4 heteroatoms. The van der Waals surface area contributed by atoms with Crippen LogP contribution in [0.3, 0.4) is 0 Å². The zero-order valence-electron chi connectivity index (χ0n) is 5.63. The van der Waals surface area contributed by atoms with Crippen molar-refractivity contribution in [3.8, 4) is 5.75 Å². The van der Waals surface area contributed by atoms with Crippen molar-refractivity contribution in [3.05, 3.63) is 11.6 Å². The molecule has 1 heterocycles. The molecule has 1 aromatic rings. The van der Waals surface area contributed by atoms with Gasteiger partial charge in [0.25, 0.3) is 0 Å². The van der Waals surface area contributed by atoms with E-state index < -0.39 is 0 Å². The fourth-order valence-electron chi connectivity index (χ4n) is 0.717. The fraction of sp³-hybridized carbons (Fsp3) is 0.167. The topological polar surface area (TPSA) is 85.2 Å². The summed E-state index contributed by atoms with van der Waals surface area (Å²) in [6, 6.07) is 1.56. The number of hydrogen-bond donors (Lipinski definition) is 3. The van der Waals surface area contributed by atoms with Crippen molar-refractivity contribution in [1.82, 2.24) is 4.98 Å². The van der Waals surface area contributed by atoms with E-state index in [1.165, 1.54) is 0 Å². The minimum Gasteiger partial charge on any atom is -0.504 e. The van der Waals surface area contributed by atoms with E-state index in [9.17, 15) is 0 Å². The number of pyridine rings is 1. The molecule has 0 amide bonds. The monoisotopic (exact) mass is 139 g/mol. The van der Waals surface area contributed by atoms with E-state index in [1.54, 1.807) is 13.0 Å². The van der Waals surface area contributed by atoms with E-state index in [0.29, 0.717) is 11.4 Å². The van der Waals surface area contributed by atoms with Crippen molar-refractivity contribution < 1.29 is 5.11 Å². The van der Waals surface area contributed by atoms with Crippen molar-refractivity contribution in [2.75, 3.05) is 11.5 Å². The van der Waals surface area contributed by atoms with Gasteiger partial charge < -0.3 is 16.6 Å². The Morgan fingerprint density at radius 2 is 2.10 bits per heavy atom. The highest BCUT2D eigenvalue weighted by Gasteiger charge is 2.01. The summed E-state index contributed by atoms with van der Waals surface area (Å²) in [5, 5.41) is 9.09. The first kappa shape index (κ1) is 6.67. The summed E-state index contributed by atoms with van der Waals surface area (Å²) in [5.74, 6) is 0.416. The van der Waals surface area contributed by atoms with Crippen molar-refractivity contribution in [1.29, 1.82) is 0 Å². The van der Waals surface area contributed by atoms with E-state index in [4.69, 9.17) is 16.6 Å². The fourth-order valence-corrected chi connectivity index (χ4v) is 0.717. The highest BCUT2D eigenvalue weighted by molar-refractivity contribution is 5.54. The van der Waals surface area contributed by atoms with E-state index >= 15 is 0 Å². The molecule has 1 aromatic heterocycles. The van der Waals surface area contributed by atoms with Crippen LogP contribution in [0, 0.1) is 6.92 Å². The van der Waals surface area contributed by atoms with Gasteiger partial charge in [0.2, 0.25) is 0 Å². The zero-order chi connectivity index (χ0) is 7.72. The molecule has 0 radical (unpaired) electrons. The summed E-state index contributed by atoms with van der Waals surface area (Å²) < 4.78 is 0. The van der Waals surface area contributed by atoms with Gasteiger partial charge in [0.15, 0.2) is 11.6 Å². The summed E-state index contributed by atoms with van der Waals surface area (Å²) in [4.78, 5) is 3.64. The maximum atomic E-state index is 9.09. The first-order valence-corrected chi connectivity index (χ1v) is 2.83. The summed E-state index contributed by atoms with van der Waals surface area (Å²) in [7, 11) is 0. The molecule has 0 atom stereocenters. The number of aromatic hydroxyl groups is 1. The number of aromatic nitrogens is 1. The molecular formula is C6H9N3O. The Morgan fingerprint density at radius 3 is 2.60 bits per heavy atom. The largest absolute Gasteiger partial charge is 0.504 e. The van der Waals surface area contributed by atoms with E-state index in [-0.39, 0.29) is 11.6 Å². The minimum absolute atomic E-state index is 0.00852. The molecular weight excluding hydrogens is 130 g/mol. The second-order valence-electron chi connectivity index (χ2n) is 2.10. The molecule has 0 aromatic carbocycles. The first-order valence-electron chi connectivity index (χ1n) is 2.83. The zero-order valence-corrected chi connectivity index (χ0v) is 5.63. The van der Waals surface area contributed by atoms with Gasteiger partial charge in [0.1, 0.15) is 5.82 Å². The molecule has 0 bridgehead atoms. The summed E-state index contributed by atoms with van der Waals surface area (Å²) in [5.41, 5.74) is 11.2. The van der Waals surface area contributed by atoms with Crippen LogP contribution in [-0.2, 0) is 0 Å². The van der Waals surface area contributed by atoms with Crippen molar-refractivity contribution in [2.24, 2.45) is 0 Å². The van der Waals surface area contributed by atoms with Crippen LogP contribution in [0.2, 0.25) is 0 Å². The van der Waals surface area contributed by atoms with E-state index in [1.807, 2.05) is 0 Å². The molecule has 5 N–H and O–H groups in total. The average molecular weight is 139 g/mol. The standard InChI is InChI=1S/C6H9N3O/c1-3-2-4(7)9-6(8)5(3)10/h2,10H,1H3,(H4,7,8,9). The summed E-state index contributed by atoms with van der Waals surface area (Å²) in [6.07, 6.45) is 0. The Hall–Kier alpha value is -1.45. The van der Waals surface area contributed by atoms with Crippen LogP contribution in [0.5, 0.6) is 5.75 Å². The molecule has 0 spiro atoms. The maximum absolute atomic E-state index is 9.09. The lowest BCUT2D eigenvalue weighted by Crippen LogP contribution is -1.97. The Balaban J connectivity index is 3.31. The number of rotatable bonds is 0.